The molecule has 0 aliphatic carbocycles. The van der Waals surface area contributed by atoms with E-state index in [0.29, 0.717) is 26.2 Å². The van der Waals surface area contributed by atoms with Crippen molar-refractivity contribution in [1.82, 2.24) is 4.90 Å². The van der Waals surface area contributed by atoms with Gasteiger partial charge in [0, 0.05) is 6.61 Å². The molecule has 1 N–H and O–H groups in total. The van der Waals surface area contributed by atoms with Gasteiger partial charge in [0.1, 0.15) is 17.1 Å². The van der Waals surface area contributed by atoms with E-state index in [4.69, 9.17) is 14.2 Å². The number of β-amino-alcohol motifs (C(OH)–C–C–N with tert-alkyl or cyclic N) is 1. The Labute approximate surface area is 228 Å². The van der Waals surface area contributed by atoms with Crippen LogP contribution in [0.25, 0.3) is 6.08 Å². The Morgan fingerprint density at radius 3 is 2.32 bits per heavy atom. The number of para-hydroxylation sites is 1. The Morgan fingerprint density at radius 2 is 1.61 bits per heavy atom. The molecule has 3 rings (SSSR count). The van der Waals surface area contributed by atoms with Crippen molar-refractivity contribution in [1.29, 1.82) is 0 Å². The number of carbonyl (C=O) groups is 1. The largest absolute Gasteiger partial charge is 0.457 e. The number of amides is 1. The van der Waals surface area contributed by atoms with Crippen molar-refractivity contribution in [3.8, 4) is 11.5 Å². The fraction of sp³-hybridized carbons (Fsp3) is 0.531. The molecule has 0 spiro atoms. The Morgan fingerprint density at radius 1 is 0.947 bits per heavy atom. The molecular weight excluding hydrogens is 478 g/mol. The number of likely N-dealkylation sites (tertiary alicyclic amines) is 1. The zero-order valence-electron chi connectivity index (χ0n) is 23.3. The minimum absolute atomic E-state index is 0.117. The smallest absolute Gasteiger partial charge is 0.410 e. The number of hydrogen-bond donors (Lipinski definition) is 1. The molecular formula is C32H45NO5. The third-order valence-electron chi connectivity index (χ3n) is 6.41. The molecule has 0 aromatic heterocycles. The predicted octanol–water partition coefficient (Wildman–Crippen LogP) is 7.61. The van der Waals surface area contributed by atoms with Crippen LogP contribution in [0.15, 0.2) is 60.7 Å². The molecule has 6 nitrogen and oxygen atoms in total. The molecule has 0 saturated carbocycles. The molecule has 2 aromatic carbocycles. The van der Waals surface area contributed by atoms with Gasteiger partial charge in [0.2, 0.25) is 0 Å². The van der Waals surface area contributed by atoms with Gasteiger partial charge in [-0.1, -0.05) is 68.2 Å². The molecule has 1 fully saturated rings. The van der Waals surface area contributed by atoms with Crippen LogP contribution in [-0.2, 0) is 9.47 Å². The van der Waals surface area contributed by atoms with E-state index in [2.05, 4.69) is 24.3 Å². The Kier molecular flexibility index (Phi) is 12.2. The van der Waals surface area contributed by atoms with Gasteiger partial charge < -0.3 is 24.2 Å². The monoisotopic (exact) mass is 523 g/mol. The van der Waals surface area contributed by atoms with E-state index in [0.717, 1.165) is 30.8 Å². The number of unbranched alkanes of at least 4 members (excludes halogenated alkanes) is 6. The summed E-state index contributed by atoms with van der Waals surface area (Å²) in [5.41, 5.74) is 0.642. The molecule has 0 radical (unpaired) electrons. The number of rotatable bonds is 14. The second kappa shape index (κ2) is 15.6. The van der Waals surface area contributed by atoms with Crippen LogP contribution < -0.4 is 4.74 Å². The van der Waals surface area contributed by atoms with Crippen LogP contribution in [0.3, 0.4) is 0 Å². The van der Waals surface area contributed by atoms with Crippen LogP contribution in [0.2, 0.25) is 0 Å². The second-order valence-electron chi connectivity index (χ2n) is 11.0. The SMILES string of the molecule is CC(C)(C)OC(=O)N1C[C@H](O)C[C@H]1COCCCCCCCC/C=C/c1ccc(Oc2ccccc2)cc1. The Bertz CT molecular complexity index is 968. The molecule has 38 heavy (non-hydrogen) atoms. The molecule has 208 valence electrons. The molecule has 0 unspecified atom stereocenters. The van der Waals surface area contributed by atoms with Crippen molar-refractivity contribution in [3.63, 3.8) is 0 Å². The summed E-state index contributed by atoms with van der Waals surface area (Å²) in [6.45, 7) is 7.00. The van der Waals surface area contributed by atoms with Gasteiger partial charge in [0.05, 0.1) is 25.3 Å². The van der Waals surface area contributed by atoms with Crippen molar-refractivity contribution < 1.29 is 24.1 Å². The van der Waals surface area contributed by atoms with Crippen molar-refractivity contribution in [2.24, 2.45) is 0 Å². The lowest BCUT2D eigenvalue weighted by Gasteiger charge is -2.28. The molecule has 1 amide bonds. The lowest BCUT2D eigenvalue weighted by atomic mass is 10.1. The summed E-state index contributed by atoms with van der Waals surface area (Å²) in [6, 6.07) is 17.9. The zero-order chi connectivity index (χ0) is 27.2. The van der Waals surface area contributed by atoms with Crippen LogP contribution >= 0.6 is 0 Å². The van der Waals surface area contributed by atoms with Gasteiger partial charge in [-0.25, -0.2) is 4.79 Å². The number of benzene rings is 2. The molecule has 1 aliphatic heterocycles. The number of aliphatic hydroxyl groups excluding tert-OH is 1. The van der Waals surface area contributed by atoms with Crippen molar-refractivity contribution >= 4 is 12.2 Å². The normalized spacial score (nSPS) is 17.7. The summed E-state index contributed by atoms with van der Waals surface area (Å²) in [7, 11) is 0. The number of hydrogen-bond acceptors (Lipinski definition) is 5. The van der Waals surface area contributed by atoms with Crippen LogP contribution in [0.5, 0.6) is 11.5 Å². The van der Waals surface area contributed by atoms with E-state index in [1.165, 1.54) is 31.2 Å². The maximum Gasteiger partial charge on any atom is 0.410 e. The predicted molar refractivity (Wildman–Crippen MR) is 152 cm³/mol. The first-order valence-corrected chi connectivity index (χ1v) is 14.0. The molecule has 1 saturated heterocycles. The molecule has 6 heteroatoms. The van der Waals surface area contributed by atoms with E-state index in [1.807, 2.05) is 63.2 Å². The molecule has 2 atom stereocenters. The topological polar surface area (TPSA) is 68.2 Å². The summed E-state index contributed by atoms with van der Waals surface area (Å²) in [6.07, 6.45) is 12.2. The molecule has 0 bridgehead atoms. The van der Waals surface area contributed by atoms with Crippen LogP contribution in [-0.4, -0.2) is 53.6 Å². The minimum Gasteiger partial charge on any atom is -0.457 e. The highest BCUT2D eigenvalue weighted by Crippen LogP contribution is 2.23. The summed E-state index contributed by atoms with van der Waals surface area (Å²) in [5, 5.41) is 9.99. The lowest BCUT2D eigenvalue weighted by molar-refractivity contribution is 0.00955. The fourth-order valence-electron chi connectivity index (χ4n) is 4.48. The summed E-state index contributed by atoms with van der Waals surface area (Å²) < 4.78 is 17.1. The van der Waals surface area contributed by atoms with E-state index in [1.54, 1.807) is 4.90 Å². The summed E-state index contributed by atoms with van der Waals surface area (Å²) in [4.78, 5) is 14.0. The first-order chi connectivity index (χ1) is 18.3. The molecule has 1 aliphatic rings. The van der Waals surface area contributed by atoms with Crippen LogP contribution in [0.1, 0.15) is 77.7 Å². The van der Waals surface area contributed by atoms with Gasteiger partial charge in [-0.2, -0.15) is 0 Å². The third kappa shape index (κ3) is 11.3. The maximum atomic E-state index is 12.4. The lowest BCUT2D eigenvalue weighted by Crippen LogP contribution is -2.42. The van der Waals surface area contributed by atoms with E-state index in [-0.39, 0.29) is 12.1 Å². The quantitative estimate of drug-likeness (QED) is 0.258. The Hall–Kier alpha value is -2.83. The standard InChI is InChI=1S/C32H45NO5/c1-32(2,3)38-31(35)33-24-28(34)23-27(33)25-36-22-14-9-7-5-4-6-8-11-15-26-18-20-30(21-19-26)37-29-16-12-10-13-17-29/h10-13,15-21,27-28,34H,4-9,14,22-25H2,1-3H3/b15-11+/t27-,28+/m0/s1. The highest BCUT2D eigenvalue weighted by molar-refractivity contribution is 5.69. The van der Waals surface area contributed by atoms with E-state index in [9.17, 15) is 9.90 Å². The third-order valence-corrected chi connectivity index (χ3v) is 6.41. The molecule has 2 aromatic rings. The van der Waals surface area contributed by atoms with Gasteiger partial charge in [-0.3, -0.25) is 0 Å². The number of ether oxygens (including phenoxy) is 3. The highest BCUT2D eigenvalue weighted by atomic mass is 16.6. The van der Waals surface area contributed by atoms with Gasteiger partial charge in [0.15, 0.2) is 0 Å². The number of aliphatic hydroxyl groups is 1. The van der Waals surface area contributed by atoms with Gasteiger partial charge in [0.25, 0.3) is 0 Å². The van der Waals surface area contributed by atoms with E-state index >= 15 is 0 Å². The van der Waals surface area contributed by atoms with Crippen molar-refractivity contribution in [2.45, 2.75) is 89.9 Å². The highest BCUT2D eigenvalue weighted by Gasteiger charge is 2.36. The first kappa shape index (κ1) is 29.7. The van der Waals surface area contributed by atoms with Gasteiger partial charge in [-0.05, 0) is 76.3 Å². The number of nitrogens with zero attached hydrogens (tertiary/aromatic N) is 1. The summed E-state index contributed by atoms with van der Waals surface area (Å²) in [5.74, 6) is 1.69. The van der Waals surface area contributed by atoms with Crippen molar-refractivity contribution in [3.05, 3.63) is 66.2 Å². The summed E-state index contributed by atoms with van der Waals surface area (Å²) >= 11 is 0. The maximum absolute atomic E-state index is 12.4. The second-order valence-corrected chi connectivity index (χ2v) is 11.0. The number of carbonyl (C=O) groups excluding carboxylic acids is 1. The zero-order valence-corrected chi connectivity index (χ0v) is 23.3. The van der Waals surface area contributed by atoms with Crippen molar-refractivity contribution in [2.75, 3.05) is 19.8 Å². The average Bonchev–Trinajstić information content (AvgIpc) is 3.26. The minimum atomic E-state index is -0.544. The number of allylic oxidation sites excluding steroid dienone is 1. The Balaban J connectivity index is 1.18. The van der Waals surface area contributed by atoms with Gasteiger partial charge >= 0.3 is 6.09 Å². The van der Waals surface area contributed by atoms with Crippen LogP contribution in [0, 0.1) is 0 Å². The molecule has 1 heterocycles. The van der Waals surface area contributed by atoms with Crippen LogP contribution in [0.4, 0.5) is 4.79 Å². The average molecular weight is 524 g/mol. The van der Waals surface area contributed by atoms with Gasteiger partial charge in [-0.15, -0.1) is 0 Å². The first-order valence-electron chi connectivity index (χ1n) is 14.0. The fourth-order valence-corrected chi connectivity index (χ4v) is 4.48. The van der Waals surface area contributed by atoms with E-state index < -0.39 is 11.7 Å².